The summed E-state index contributed by atoms with van der Waals surface area (Å²) in [6.07, 6.45) is 8.32. The van der Waals surface area contributed by atoms with E-state index in [9.17, 15) is 0 Å². The molecule has 7 atom stereocenters. The van der Waals surface area contributed by atoms with E-state index in [1.807, 2.05) is 0 Å². The largest absolute Gasteiger partial charge is 0.309 e. The molecular weight excluding hydrogens is 939 g/mol. The van der Waals surface area contributed by atoms with E-state index < -0.39 is 0 Å². The monoisotopic (exact) mass is 999 g/mol. The zero-order chi connectivity index (χ0) is 51.3. The highest BCUT2D eigenvalue weighted by Crippen LogP contribution is 2.78. The highest BCUT2D eigenvalue weighted by molar-refractivity contribution is 6.11. The van der Waals surface area contributed by atoms with Gasteiger partial charge < -0.3 is 4.57 Å². The fraction of sp³-hybridized carbons (Fsp3) is 0.221. The molecule has 3 spiro atoms. The molecule has 374 valence electrons. The van der Waals surface area contributed by atoms with Crippen molar-refractivity contribution < 1.29 is 0 Å². The van der Waals surface area contributed by atoms with Crippen LogP contribution in [0.25, 0.3) is 83.1 Å². The zero-order valence-corrected chi connectivity index (χ0v) is 44.6. The summed E-state index contributed by atoms with van der Waals surface area (Å²) in [6, 6.07) is 89.3. The molecular formula is C77H61N. The van der Waals surface area contributed by atoms with Gasteiger partial charge >= 0.3 is 0 Å². The van der Waals surface area contributed by atoms with Crippen LogP contribution in [0.4, 0.5) is 0 Å². The quantitative estimate of drug-likeness (QED) is 0.163. The maximum absolute atomic E-state index is 2.76. The van der Waals surface area contributed by atoms with E-state index >= 15 is 0 Å². The molecule has 18 rings (SSSR count). The van der Waals surface area contributed by atoms with Crippen LogP contribution < -0.4 is 0 Å². The Morgan fingerprint density at radius 1 is 0.333 bits per heavy atom. The Morgan fingerprint density at radius 2 is 0.808 bits per heavy atom. The molecule has 0 aliphatic heterocycles. The van der Waals surface area contributed by atoms with Gasteiger partial charge in [-0.3, -0.25) is 0 Å². The Balaban J connectivity index is 0.876. The summed E-state index contributed by atoms with van der Waals surface area (Å²) in [5.41, 5.74) is 30.0. The number of hydrogen-bond donors (Lipinski definition) is 0. The number of aromatic nitrogens is 1. The number of rotatable bonds is 2. The van der Waals surface area contributed by atoms with Crippen LogP contribution in [0.3, 0.4) is 0 Å². The van der Waals surface area contributed by atoms with Gasteiger partial charge in [0.2, 0.25) is 0 Å². The molecule has 1 heterocycles. The Labute approximate surface area is 458 Å². The van der Waals surface area contributed by atoms with Crippen LogP contribution in [-0.2, 0) is 21.7 Å². The van der Waals surface area contributed by atoms with Crippen molar-refractivity contribution >= 4 is 21.8 Å². The molecule has 1 aromatic heterocycles. The summed E-state index contributed by atoms with van der Waals surface area (Å²) in [5, 5.41) is 2.62. The lowest BCUT2D eigenvalue weighted by Crippen LogP contribution is -2.64. The first-order valence-corrected chi connectivity index (χ1v) is 29.2. The molecule has 3 saturated carbocycles. The maximum atomic E-state index is 2.76. The Hall–Kier alpha value is -8.00. The molecule has 7 aliphatic rings. The van der Waals surface area contributed by atoms with Crippen molar-refractivity contribution in [1.29, 1.82) is 0 Å². The Kier molecular flexibility index (Phi) is 8.69. The first-order chi connectivity index (χ1) is 38.3. The first-order valence-electron chi connectivity index (χ1n) is 29.2. The third-order valence-electron chi connectivity index (χ3n) is 22.0. The average molecular weight is 1000 g/mol. The van der Waals surface area contributed by atoms with Gasteiger partial charge in [0.15, 0.2) is 0 Å². The average Bonchev–Trinajstić information content (AvgIpc) is 3.97. The molecule has 11 aromatic rings. The molecule has 0 radical (unpaired) electrons. The van der Waals surface area contributed by atoms with Crippen LogP contribution in [0, 0.1) is 5.92 Å². The van der Waals surface area contributed by atoms with Crippen molar-refractivity contribution in [3.63, 3.8) is 0 Å². The standard InChI is InChI=1S/C77H61N/c1-74(2)66-27-13-9-25-61(66)64-40-65-63-26-12-16-30-71(63)78(72(65)41-69(64)74)52-34-31-47(32-35-52)48-33-36-62-58-22-8-5-19-55(58)51-44-76-42-49(53-17-3-6-20-56(53)60-24-11-15-29-68(60)76)37-38-75-43-50(45-77(46-51,73(75)76)70(62)39-48)54-18-4-7-21-57(54)59-23-10-14-28-67(59)75/h3-36,39-41,49-51,73H,37-38,42-46H2,1-2H3. The maximum Gasteiger partial charge on any atom is 0.0544 e. The Morgan fingerprint density at radius 3 is 1.46 bits per heavy atom. The first kappa shape index (κ1) is 44.0. The summed E-state index contributed by atoms with van der Waals surface area (Å²) in [7, 11) is 0. The lowest BCUT2D eigenvalue weighted by Gasteiger charge is -2.67. The summed E-state index contributed by atoms with van der Waals surface area (Å²) in [4.78, 5) is 0. The van der Waals surface area contributed by atoms with Gasteiger partial charge in [-0.1, -0.05) is 202 Å². The molecule has 0 amide bonds. The van der Waals surface area contributed by atoms with Crippen LogP contribution in [0.1, 0.15) is 121 Å². The number of fused-ring (bicyclic) bond motifs is 21. The molecule has 7 aliphatic carbocycles. The predicted octanol–water partition coefficient (Wildman–Crippen LogP) is 19.6. The number of hydrogen-bond acceptors (Lipinski definition) is 0. The van der Waals surface area contributed by atoms with E-state index in [2.05, 4.69) is 243 Å². The zero-order valence-electron chi connectivity index (χ0n) is 44.6. The minimum absolute atomic E-state index is 0.0521. The second-order valence-corrected chi connectivity index (χ2v) is 25.6. The molecule has 1 heteroatoms. The van der Waals surface area contributed by atoms with Crippen molar-refractivity contribution in [2.45, 2.75) is 98.2 Å². The van der Waals surface area contributed by atoms with E-state index in [1.54, 1.807) is 33.4 Å². The minimum Gasteiger partial charge on any atom is -0.309 e. The van der Waals surface area contributed by atoms with E-state index in [4.69, 9.17) is 0 Å². The molecule has 6 bridgehead atoms. The van der Waals surface area contributed by atoms with Crippen molar-refractivity contribution in [3.8, 4) is 61.3 Å². The lowest BCUT2D eigenvalue weighted by molar-refractivity contribution is -0.0410. The van der Waals surface area contributed by atoms with E-state index in [1.165, 1.54) is 133 Å². The minimum atomic E-state index is -0.129. The number of para-hydroxylation sites is 1. The van der Waals surface area contributed by atoms with Gasteiger partial charge in [-0.15, -0.1) is 0 Å². The molecule has 1 nitrogen and oxygen atoms in total. The SMILES string of the molecule is CC1(C)c2ccccc2-c2cc3c4ccccc4n(-c4ccc(-c5ccc6c(c5)C57CC8CC9(CCC%10CC(CC(C5)c5ccccc5-6)(c5ccccc5-c5ccccc5%10)C97)c5ccccc5-c5ccccc58)cc4)c3cc21. The molecule has 0 N–H and O–H groups in total. The smallest absolute Gasteiger partial charge is 0.0544 e. The van der Waals surface area contributed by atoms with Gasteiger partial charge in [-0.25, -0.2) is 0 Å². The molecule has 3 fully saturated rings. The summed E-state index contributed by atoms with van der Waals surface area (Å²) < 4.78 is 2.53. The highest BCUT2D eigenvalue weighted by atomic mass is 15.0. The van der Waals surface area contributed by atoms with E-state index in [-0.39, 0.29) is 21.7 Å². The normalized spacial score (nSPS) is 25.7. The van der Waals surface area contributed by atoms with Gasteiger partial charge in [0, 0.05) is 38.1 Å². The van der Waals surface area contributed by atoms with Gasteiger partial charge in [0.05, 0.1) is 11.0 Å². The summed E-state index contributed by atoms with van der Waals surface area (Å²) in [5.74, 6) is 1.68. The summed E-state index contributed by atoms with van der Waals surface area (Å²) in [6.45, 7) is 4.80. The molecule has 7 unspecified atom stereocenters. The predicted molar refractivity (Wildman–Crippen MR) is 322 cm³/mol. The van der Waals surface area contributed by atoms with Crippen LogP contribution in [0.2, 0.25) is 0 Å². The van der Waals surface area contributed by atoms with Crippen molar-refractivity contribution in [1.82, 2.24) is 4.57 Å². The second kappa shape index (κ2) is 15.4. The van der Waals surface area contributed by atoms with Gasteiger partial charge in [-0.05, 0) is 205 Å². The van der Waals surface area contributed by atoms with Crippen molar-refractivity contribution in [3.05, 3.63) is 269 Å². The van der Waals surface area contributed by atoms with Crippen LogP contribution in [0.15, 0.2) is 224 Å². The van der Waals surface area contributed by atoms with E-state index in [0.717, 1.165) is 6.42 Å². The fourth-order valence-electron chi connectivity index (χ4n) is 19.5. The molecule has 0 saturated heterocycles. The van der Waals surface area contributed by atoms with Gasteiger partial charge in [-0.2, -0.15) is 0 Å². The lowest BCUT2D eigenvalue weighted by atomic mass is 9.36. The van der Waals surface area contributed by atoms with Gasteiger partial charge in [0.25, 0.3) is 0 Å². The second-order valence-electron chi connectivity index (χ2n) is 25.6. The topological polar surface area (TPSA) is 4.93 Å². The van der Waals surface area contributed by atoms with Crippen molar-refractivity contribution in [2.75, 3.05) is 0 Å². The molecule has 78 heavy (non-hydrogen) atoms. The third kappa shape index (κ3) is 5.53. The third-order valence-corrected chi connectivity index (χ3v) is 22.0. The van der Waals surface area contributed by atoms with E-state index in [0.29, 0.717) is 23.7 Å². The van der Waals surface area contributed by atoms with Gasteiger partial charge in [0.1, 0.15) is 0 Å². The van der Waals surface area contributed by atoms with Crippen LogP contribution >= 0.6 is 0 Å². The van der Waals surface area contributed by atoms with Crippen LogP contribution in [0.5, 0.6) is 0 Å². The molecule has 10 aromatic carbocycles. The fourth-order valence-corrected chi connectivity index (χ4v) is 19.5. The summed E-state index contributed by atoms with van der Waals surface area (Å²) >= 11 is 0. The van der Waals surface area contributed by atoms with Crippen molar-refractivity contribution in [2.24, 2.45) is 5.92 Å². The number of benzene rings is 10. The highest BCUT2D eigenvalue weighted by Gasteiger charge is 2.71. The number of nitrogens with zero attached hydrogens (tertiary/aromatic N) is 1. The van der Waals surface area contributed by atoms with Crippen LogP contribution in [-0.4, -0.2) is 4.57 Å². The Bertz CT molecular complexity index is 4390.